The lowest BCUT2D eigenvalue weighted by molar-refractivity contribution is -0.128. The highest BCUT2D eigenvalue weighted by Gasteiger charge is 2.22. The molecular weight excluding hydrogens is 338 g/mol. The smallest absolute Gasteiger partial charge is 0.317 e. The highest BCUT2D eigenvalue weighted by Crippen LogP contribution is 2.19. The number of fused-ring (bicyclic) bond motifs is 1. The van der Waals surface area contributed by atoms with E-state index in [4.69, 9.17) is 0 Å². The molecule has 27 heavy (non-hydrogen) atoms. The molecule has 5 heteroatoms. The first kappa shape index (κ1) is 17.6. The quantitative estimate of drug-likeness (QED) is 0.908. The second-order valence-electron chi connectivity index (χ2n) is 7.29. The Morgan fingerprint density at radius 2 is 1.67 bits per heavy atom. The number of urea groups is 1. The van der Waals surface area contributed by atoms with Crippen molar-refractivity contribution >= 4 is 11.9 Å². The van der Waals surface area contributed by atoms with Crippen LogP contribution in [0.15, 0.2) is 48.5 Å². The second-order valence-corrected chi connectivity index (χ2v) is 7.29. The van der Waals surface area contributed by atoms with Gasteiger partial charge in [0.2, 0.25) is 5.91 Å². The molecule has 1 fully saturated rings. The number of nitrogens with zero attached hydrogens (tertiary/aromatic N) is 2. The fraction of sp³-hybridized carbons (Fsp3) is 0.364. The molecule has 2 aromatic carbocycles. The Hall–Kier alpha value is -2.82. The van der Waals surface area contributed by atoms with Gasteiger partial charge in [0.1, 0.15) is 0 Å². The molecule has 2 aliphatic heterocycles. The molecule has 2 heterocycles. The van der Waals surface area contributed by atoms with Crippen LogP contribution in [0.1, 0.15) is 35.1 Å². The monoisotopic (exact) mass is 363 g/mol. The molecule has 0 aliphatic carbocycles. The van der Waals surface area contributed by atoms with Crippen molar-refractivity contribution in [2.24, 2.45) is 0 Å². The normalized spacial score (nSPS) is 16.4. The summed E-state index contributed by atoms with van der Waals surface area (Å²) in [4.78, 5) is 28.3. The number of nitrogens with one attached hydrogen (secondary N) is 1. The molecule has 0 saturated carbocycles. The van der Waals surface area contributed by atoms with Crippen LogP contribution in [0.25, 0.3) is 0 Å². The van der Waals surface area contributed by atoms with E-state index in [-0.39, 0.29) is 11.9 Å². The van der Waals surface area contributed by atoms with Crippen molar-refractivity contribution in [2.45, 2.75) is 38.9 Å². The third-order valence-electron chi connectivity index (χ3n) is 5.50. The lowest BCUT2D eigenvalue weighted by Gasteiger charge is -2.29. The third-order valence-corrected chi connectivity index (χ3v) is 5.50. The molecule has 0 unspecified atom stereocenters. The van der Waals surface area contributed by atoms with Gasteiger partial charge in [0.05, 0.1) is 0 Å². The number of benzene rings is 2. The van der Waals surface area contributed by atoms with Gasteiger partial charge in [0, 0.05) is 39.1 Å². The van der Waals surface area contributed by atoms with Crippen LogP contribution in [0.3, 0.4) is 0 Å². The van der Waals surface area contributed by atoms with Crippen molar-refractivity contribution in [3.8, 4) is 0 Å². The lowest BCUT2D eigenvalue weighted by Crippen LogP contribution is -2.42. The highest BCUT2D eigenvalue weighted by molar-refractivity contribution is 5.78. The number of carbonyl (C=O) groups excluding carboxylic acids is 2. The zero-order chi connectivity index (χ0) is 18.6. The summed E-state index contributed by atoms with van der Waals surface area (Å²) >= 11 is 0. The van der Waals surface area contributed by atoms with E-state index >= 15 is 0 Å². The summed E-state index contributed by atoms with van der Waals surface area (Å²) in [6.45, 7) is 3.34. The van der Waals surface area contributed by atoms with Gasteiger partial charge in [-0.15, -0.1) is 0 Å². The summed E-state index contributed by atoms with van der Waals surface area (Å²) in [7, 11) is 0. The van der Waals surface area contributed by atoms with Gasteiger partial charge in [-0.2, -0.15) is 0 Å². The molecule has 0 aromatic heterocycles. The van der Waals surface area contributed by atoms with Gasteiger partial charge in [0.15, 0.2) is 0 Å². The number of likely N-dealkylation sites (tertiary alicyclic amines) is 1. The van der Waals surface area contributed by atoms with Crippen LogP contribution in [-0.2, 0) is 30.8 Å². The average Bonchev–Trinajstić information content (AvgIpc) is 3.11. The van der Waals surface area contributed by atoms with E-state index in [9.17, 15) is 9.59 Å². The Balaban J connectivity index is 1.37. The van der Waals surface area contributed by atoms with Crippen molar-refractivity contribution in [1.82, 2.24) is 15.1 Å². The van der Waals surface area contributed by atoms with Gasteiger partial charge in [-0.05, 0) is 35.1 Å². The summed E-state index contributed by atoms with van der Waals surface area (Å²) in [6.07, 6.45) is 2.49. The SMILES string of the molecule is O=C1CCCN1Cc1ccccc1CNC(=O)N1CCc2ccccc2C1. The molecule has 2 aromatic rings. The zero-order valence-corrected chi connectivity index (χ0v) is 15.5. The second kappa shape index (κ2) is 7.82. The molecule has 3 amide bonds. The van der Waals surface area contributed by atoms with Crippen LogP contribution >= 0.6 is 0 Å². The molecule has 0 atom stereocenters. The van der Waals surface area contributed by atoms with Gasteiger partial charge >= 0.3 is 6.03 Å². The summed E-state index contributed by atoms with van der Waals surface area (Å²) in [5.74, 6) is 0.223. The van der Waals surface area contributed by atoms with Crippen LogP contribution in [0.2, 0.25) is 0 Å². The largest absolute Gasteiger partial charge is 0.338 e. The molecule has 140 valence electrons. The fourth-order valence-corrected chi connectivity index (χ4v) is 3.91. The molecule has 0 bridgehead atoms. The lowest BCUT2D eigenvalue weighted by atomic mass is 10.0. The minimum absolute atomic E-state index is 0.0310. The van der Waals surface area contributed by atoms with E-state index < -0.39 is 0 Å². The summed E-state index contributed by atoms with van der Waals surface area (Å²) in [5, 5.41) is 3.06. The van der Waals surface area contributed by atoms with Gasteiger partial charge in [0.25, 0.3) is 0 Å². The maximum Gasteiger partial charge on any atom is 0.317 e. The Bertz CT molecular complexity index is 849. The Labute approximate surface area is 160 Å². The molecule has 0 spiro atoms. The van der Waals surface area contributed by atoms with Crippen molar-refractivity contribution in [3.63, 3.8) is 0 Å². The van der Waals surface area contributed by atoms with Crippen LogP contribution in [0.4, 0.5) is 4.79 Å². The third kappa shape index (κ3) is 3.97. The standard InChI is InChI=1S/C22H25N3O2/c26-21-10-5-12-24(21)15-20-9-4-2-7-18(20)14-23-22(27)25-13-11-17-6-1-3-8-19(17)16-25/h1-4,6-9H,5,10-16H2,(H,23,27). The van der Waals surface area contributed by atoms with Crippen LogP contribution in [-0.4, -0.2) is 34.8 Å². The van der Waals surface area contributed by atoms with Crippen LogP contribution in [0, 0.1) is 0 Å². The van der Waals surface area contributed by atoms with Gasteiger partial charge in [-0.1, -0.05) is 48.5 Å². The summed E-state index contributed by atoms with van der Waals surface area (Å²) in [5.41, 5.74) is 4.74. The van der Waals surface area contributed by atoms with Gasteiger partial charge < -0.3 is 15.1 Å². The molecule has 2 aliphatic rings. The number of hydrogen-bond donors (Lipinski definition) is 1. The van der Waals surface area contributed by atoms with Gasteiger partial charge in [-0.3, -0.25) is 4.79 Å². The molecule has 1 saturated heterocycles. The maximum atomic E-state index is 12.6. The van der Waals surface area contributed by atoms with E-state index in [1.54, 1.807) is 0 Å². The summed E-state index contributed by atoms with van der Waals surface area (Å²) in [6, 6.07) is 16.3. The molecular formula is C22H25N3O2. The molecule has 1 N–H and O–H groups in total. The van der Waals surface area contributed by atoms with Gasteiger partial charge in [-0.25, -0.2) is 4.79 Å². The minimum Gasteiger partial charge on any atom is -0.338 e. The molecule has 5 nitrogen and oxygen atoms in total. The number of amides is 3. The number of carbonyl (C=O) groups is 2. The van der Waals surface area contributed by atoms with E-state index in [0.717, 1.165) is 37.1 Å². The van der Waals surface area contributed by atoms with Crippen molar-refractivity contribution in [3.05, 3.63) is 70.8 Å². The Morgan fingerprint density at radius 1 is 0.926 bits per heavy atom. The first-order valence-electron chi connectivity index (χ1n) is 9.65. The van der Waals surface area contributed by atoms with Crippen LogP contribution < -0.4 is 5.32 Å². The van der Waals surface area contributed by atoms with Crippen molar-refractivity contribution in [1.29, 1.82) is 0 Å². The molecule has 0 radical (unpaired) electrons. The van der Waals surface area contributed by atoms with Crippen LogP contribution in [0.5, 0.6) is 0 Å². The van der Waals surface area contributed by atoms with E-state index in [2.05, 4.69) is 23.5 Å². The predicted molar refractivity (Wildman–Crippen MR) is 104 cm³/mol. The first-order chi connectivity index (χ1) is 13.2. The summed E-state index contributed by atoms with van der Waals surface area (Å²) < 4.78 is 0. The fourth-order valence-electron chi connectivity index (χ4n) is 3.91. The predicted octanol–water partition coefficient (Wildman–Crippen LogP) is 3.08. The average molecular weight is 363 g/mol. The topological polar surface area (TPSA) is 52.7 Å². The number of hydrogen-bond acceptors (Lipinski definition) is 2. The van der Waals surface area contributed by atoms with E-state index in [0.29, 0.717) is 26.1 Å². The Morgan fingerprint density at radius 3 is 2.44 bits per heavy atom. The van der Waals surface area contributed by atoms with Crippen molar-refractivity contribution in [2.75, 3.05) is 13.1 Å². The van der Waals surface area contributed by atoms with Crippen molar-refractivity contribution < 1.29 is 9.59 Å². The first-order valence-corrected chi connectivity index (χ1v) is 9.65. The number of rotatable bonds is 4. The minimum atomic E-state index is -0.0310. The highest BCUT2D eigenvalue weighted by atomic mass is 16.2. The van der Waals surface area contributed by atoms with E-state index in [1.807, 2.05) is 40.1 Å². The maximum absolute atomic E-state index is 12.6. The molecule has 4 rings (SSSR count). The Kier molecular flexibility index (Phi) is 5.10. The zero-order valence-electron chi connectivity index (χ0n) is 15.5. The van der Waals surface area contributed by atoms with E-state index in [1.165, 1.54) is 11.1 Å².